The molecule has 1 aromatic rings. The molecule has 1 rings (SSSR count). The molecular formula is C10H15ClN2S. The number of rotatable bonds is 1. The second kappa shape index (κ2) is 6.62. The number of hydrogen-bond acceptors (Lipinski definition) is 1. The number of thiocarbonyl (C=S) groups is 1. The van der Waals surface area contributed by atoms with Gasteiger partial charge in [0.2, 0.25) is 0 Å². The van der Waals surface area contributed by atoms with Crippen LogP contribution in [0, 0.1) is 0 Å². The summed E-state index contributed by atoms with van der Waals surface area (Å²) in [5.74, 6) is 0. The first-order valence-corrected chi connectivity index (χ1v) is 5.18. The summed E-state index contributed by atoms with van der Waals surface area (Å²) in [6.45, 7) is 4.00. The van der Waals surface area contributed by atoms with Crippen molar-refractivity contribution >= 4 is 34.6 Å². The molecule has 0 radical (unpaired) electrons. The van der Waals surface area contributed by atoms with Crippen molar-refractivity contribution in [1.82, 2.24) is 0 Å². The van der Waals surface area contributed by atoms with Crippen LogP contribution < -0.4 is 10.6 Å². The Hall–Kier alpha value is -0.800. The van der Waals surface area contributed by atoms with Gasteiger partial charge in [-0.05, 0) is 36.5 Å². The normalized spacial score (nSPS) is 8.57. The molecule has 0 aliphatic heterocycles. The fraction of sp³-hybridized carbons (Fsp3) is 0.300. The van der Waals surface area contributed by atoms with Crippen molar-refractivity contribution in [1.29, 1.82) is 0 Å². The molecule has 4 heteroatoms. The number of nitrogens with two attached hydrogens (primary N) is 1. The Morgan fingerprint density at radius 2 is 1.71 bits per heavy atom. The molecule has 0 aliphatic carbocycles. The second-order valence-corrected chi connectivity index (χ2v) is 3.23. The quantitative estimate of drug-likeness (QED) is 0.752. The van der Waals surface area contributed by atoms with E-state index in [1.807, 2.05) is 33.0 Å². The third-order valence-electron chi connectivity index (χ3n) is 1.54. The maximum absolute atomic E-state index is 5.71. The van der Waals surface area contributed by atoms with Crippen molar-refractivity contribution < 1.29 is 0 Å². The van der Waals surface area contributed by atoms with Crippen molar-refractivity contribution in [3.63, 3.8) is 0 Å². The zero-order valence-electron chi connectivity index (χ0n) is 8.62. The Bertz CT molecular complexity index is 285. The van der Waals surface area contributed by atoms with Gasteiger partial charge in [0, 0.05) is 17.8 Å². The van der Waals surface area contributed by atoms with E-state index >= 15 is 0 Å². The van der Waals surface area contributed by atoms with E-state index in [0.717, 1.165) is 5.69 Å². The zero-order chi connectivity index (χ0) is 11.1. The van der Waals surface area contributed by atoms with E-state index in [2.05, 4.69) is 0 Å². The fourth-order valence-corrected chi connectivity index (χ4v) is 1.02. The monoisotopic (exact) mass is 230 g/mol. The average molecular weight is 231 g/mol. The number of halogens is 1. The van der Waals surface area contributed by atoms with Crippen LogP contribution in [0.5, 0.6) is 0 Å². The summed E-state index contributed by atoms with van der Waals surface area (Å²) in [5, 5.41) is 1.05. The van der Waals surface area contributed by atoms with Crippen LogP contribution in [0.25, 0.3) is 0 Å². The predicted octanol–water partition coefficient (Wildman–Crippen LogP) is 3.05. The first-order chi connectivity index (χ1) is 6.61. The lowest BCUT2D eigenvalue weighted by Crippen LogP contribution is -2.31. The lowest BCUT2D eigenvalue weighted by molar-refractivity contribution is 1.27. The number of nitrogens with zero attached hydrogens (tertiary/aromatic N) is 1. The molecule has 0 fully saturated rings. The maximum atomic E-state index is 5.71. The molecule has 2 nitrogen and oxygen atoms in total. The summed E-state index contributed by atoms with van der Waals surface area (Å²) >= 11 is 10.5. The highest BCUT2D eigenvalue weighted by atomic mass is 35.5. The summed E-state index contributed by atoms with van der Waals surface area (Å²) in [7, 11) is 1.81. The number of anilines is 1. The van der Waals surface area contributed by atoms with Gasteiger partial charge >= 0.3 is 0 Å². The highest BCUT2D eigenvalue weighted by Gasteiger charge is 2.01. The fourth-order valence-electron chi connectivity index (χ4n) is 0.792. The van der Waals surface area contributed by atoms with E-state index < -0.39 is 0 Å². The van der Waals surface area contributed by atoms with Crippen LogP contribution in [-0.4, -0.2) is 12.2 Å². The molecule has 0 saturated carbocycles. The van der Waals surface area contributed by atoms with E-state index in [1.54, 1.807) is 17.0 Å². The van der Waals surface area contributed by atoms with Gasteiger partial charge < -0.3 is 10.6 Å². The standard InChI is InChI=1S/C8H9ClN2S.C2H6/c1-11(8(10)12)7-4-2-6(9)3-5-7;1-2/h2-5H,1H3,(H2,10,12);1-2H3. The van der Waals surface area contributed by atoms with Gasteiger partial charge in [-0.25, -0.2) is 0 Å². The molecule has 0 bridgehead atoms. The lowest BCUT2D eigenvalue weighted by atomic mass is 10.3. The van der Waals surface area contributed by atoms with Gasteiger partial charge in [0.15, 0.2) is 5.11 Å². The first-order valence-electron chi connectivity index (χ1n) is 4.40. The van der Waals surface area contributed by atoms with Crippen LogP contribution in [0.15, 0.2) is 24.3 Å². The van der Waals surface area contributed by atoms with E-state index in [1.165, 1.54) is 0 Å². The molecule has 0 saturated heterocycles. The summed E-state index contributed by atoms with van der Waals surface area (Å²) < 4.78 is 0. The summed E-state index contributed by atoms with van der Waals surface area (Å²) in [6.07, 6.45) is 0. The summed E-state index contributed by atoms with van der Waals surface area (Å²) in [4.78, 5) is 1.71. The largest absolute Gasteiger partial charge is 0.376 e. The minimum Gasteiger partial charge on any atom is -0.376 e. The zero-order valence-corrected chi connectivity index (χ0v) is 10.2. The van der Waals surface area contributed by atoms with E-state index in [9.17, 15) is 0 Å². The van der Waals surface area contributed by atoms with Crippen LogP contribution in [0.3, 0.4) is 0 Å². The molecule has 0 spiro atoms. The molecule has 2 N–H and O–H groups in total. The Labute approximate surface area is 95.7 Å². The van der Waals surface area contributed by atoms with Gasteiger partial charge in [-0.3, -0.25) is 0 Å². The van der Waals surface area contributed by atoms with E-state index in [0.29, 0.717) is 10.1 Å². The van der Waals surface area contributed by atoms with Crippen molar-refractivity contribution in [3.05, 3.63) is 29.3 Å². The Morgan fingerprint density at radius 1 is 1.29 bits per heavy atom. The minimum absolute atomic E-state index is 0.345. The van der Waals surface area contributed by atoms with Gasteiger partial charge in [-0.2, -0.15) is 0 Å². The third kappa shape index (κ3) is 3.94. The van der Waals surface area contributed by atoms with Crippen LogP contribution in [-0.2, 0) is 0 Å². The predicted molar refractivity (Wildman–Crippen MR) is 68.0 cm³/mol. The highest BCUT2D eigenvalue weighted by molar-refractivity contribution is 7.80. The van der Waals surface area contributed by atoms with Crippen molar-refractivity contribution in [2.45, 2.75) is 13.8 Å². The molecule has 0 heterocycles. The molecular weight excluding hydrogens is 216 g/mol. The van der Waals surface area contributed by atoms with Crippen molar-refractivity contribution in [3.8, 4) is 0 Å². The van der Waals surface area contributed by atoms with Crippen LogP contribution in [0.2, 0.25) is 5.02 Å². The maximum Gasteiger partial charge on any atom is 0.170 e. The summed E-state index contributed by atoms with van der Waals surface area (Å²) in [6, 6.07) is 7.32. The van der Waals surface area contributed by atoms with Gasteiger partial charge in [0.05, 0.1) is 0 Å². The topological polar surface area (TPSA) is 29.3 Å². The second-order valence-electron chi connectivity index (χ2n) is 2.37. The molecule has 14 heavy (non-hydrogen) atoms. The summed E-state index contributed by atoms with van der Waals surface area (Å²) in [5.41, 5.74) is 6.37. The molecule has 0 amide bonds. The number of benzene rings is 1. The Morgan fingerprint density at radius 3 is 2.07 bits per heavy atom. The van der Waals surface area contributed by atoms with Crippen LogP contribution in [0.4, 0.5) is 5.69 Å². The minimum atomic E-state index is 0.345. The lowest BCUT2D eigenvalue weighted by Gasteiger charge is -2.16. The number of hydrogen-bond donors (Lipinski definition) is 1. The molecule has 0 aliphatic rings. The van der Waals surface area contributed by atoms with Crippen LogP contribution in [0.1, 0.15) is 13.8 Å². The molecule has 78 valence electrons. The molecule has 0 atom stereocenters. The van der Waals surface area contributed by atoms with Crippen molar-refractivity contribution in [2.75, 3.05) is 11.9 Å². The molecule has 0 aromatic heterocycles. The SMILES string of the molecule is CC.CN(C(N)=S)c1ccc(Cl)cc1. The van der Waals surface area contributed by atoms with Crippen LogP contribution >= 0.6 is 23.8 Å². The van der Waals surface area contributed by atoms with Gasteiger partial charge in [0.1, 0.15) is 0 Å². The average Bonchev–Trinajstić information content (AvgIpc) is 2.21. The van der Waals surface area contributed by atoms with Crippen molar-refractivity contribution in [2.24, 2.45) is 5.73 Å². The highest BCUT2D eigenvalue weighted by Crippen LogP contribution is 2.16. The van der Waals surface area contributed by atoms with Gasteiger partial charge in [-0.15, -0.1) is 0 Å². The third-order valence-corrected chi connectivity index (χ3v) is 2.07. The smallest absolute Gasteiger partial charge is 0.170 e. The van der Waals surface area contributed by atoms with E-state index in [4.69, 9.17) is 29.6 Å². The van der Waals surface area contributed by atoms with E-state index in [-0.39, 0.29) is 0 Å². The Kier molecular flexibility index (Phi) is 6.25. The first kappa shape index (κ1) is 13.2. The van der Waals surface area contributed by atoms with Gasteiger partial charge in [-0.1, -0.05) is 25.4 Å². The van der Waals surface area contributed by atoms with Gasteiger partial charge in [0.25, 0.3) is 0 Å². The molecule has 1 aromatic carbocycles. The Balaban J connectivity index is 0.000000791. The molecule has 0 unspecified atom stereocenters.